The van der Waals surface area contributed by atoms with Crippen LogP contribution < -0.4 is 5.32 Å². The predicted octanol–water partition coefficient (Wildman–Crippen LogP) is 5.06. The SMILES string of the molecule is O=C(COC(=O)C12CC3CC(CC(C3)C1)C2)Nc1ccc(Cl)cc1C(F)(F)F. The van der Waals surface area contributed by atoms with E-state index < -0.39 is 35.4 Å². The number of halogens is 4. The summed E-state index contributed by atoms with van der Waals surface area (Å²) in [6, 6.07) is 3.09. The maximum atomic E-state index is 13.1. The van der Waals surface area contributed by atoms with Crippen molar-refractivity contribution in [3.63, 3.8) is 0 Å². The zero-order chi connectivity index (χ0) is 20.1. The fourth-order valence-electron chi connectivity index (χ4n) is 5.69. The molecule has 5 rings (SSSR count). The molecule has 0 radical (unpaired) electrons. The molecule has 4 bridgehead atoms. The molecule has 4 aliphatic rings. The smallest absolute Gasteiger partial charge is 0.418 e. The van der Waals surface area contributed by atoms with E-state index in [4.69, 9.17) is 16.3 Å². The van der Waals surface area contributed by atoms with Crippen molar-refractivity contribution in [1.82, 2.24) is 0 Å². The molecule has 0 heterocycles. The summed E-state index contributed by atoms with van der Waals surface area (Å²) in [7, 11) is 0. The lowest BCUT2D eigenvalue weighted by atomic mass is 9.49. The Bertz CT molecular complexity index is 773. The molecule has 0 atom stereocenters. The molecule has 4 fully saturated rings. The number of hydrogen-bond donors (Lipinski definition) is 1. The van der Waals surface area contributed by atoms with Gasteiger partial charge in [-0.15, -0.1) is 0 Å². The van der Waals surface area contributed by atoms with Gasteiger partial charge in [0.15, 0.2) is 6.61 Å². The summed E-state index contributed by atoms with van der Waals surface area (Å²) in [5, 5.41) is 2.09. The lowest BCUT2D eigenvalue weighted by molar-refractivity contribution is -0.172. The molecule has 0 saturated heterocycles. The summed E-state index contributed by atoms with van der Waals surface area (Å²) in [4.78, 5) is 24.8. The Morgan fingerprint density at radius 3 is 2.21 bits per heavy atom. The molecule has 1 aromatic carbocycles. The van der Waals surface area contributed by atoms with E-state index in [1.165, 1.54) is 25.3 Å². The average molecular weight is 416 g/mol. The molecule has 1 aromatic rings. The number of carbonyl (C=O) groups is 2. The fourth-order valence-corrected chi connectivity index (χ4v) is 5.86. The Morgan fingerprint density at radius 2 is 1.68 bits per heavy atom. The summed E-state index contributed by atoms with van der Waals surface area (Å²) < 4.78 is 44.6. The first kappa shape index (κ1) is 19.6. The molecule has 152 valence electrons. The molecule has 0 unspecified atom stereocenters. The summed E-state index contributed by atoms with van der Waals surface area (Å²) in [5.41, 5.74) is -1.96. The molecule has 1 amide bonds. The molecular formula is C20H21ClF3NO3. The van der Waals surface area contributed by atoms with Crippen molar-refractivity contribution in [3.05, 3.63) is 28.8 Å². The lowest BCUT2D eigenvalue weighted by Gasteiger charge is -2.55. The number of esters is 1. The van der Waals surface area contributed by atoms with Crippen LogP contribution in [-0.4, -0.2) is 18.5 Å². The predicted molar refractivity (Wildman–Crippen MR) is 96.6 cm³/mol. The van der Waals surface area contributed by atoms with Crippen molar-refractivity contribution in [1.29, 1.82) is 0 Å². The Labute approximate surface area is 165 Å². The van der Waals surface area contributed by atoms with E-state index in [1.807, 2.05) is 0 Å². The van der Waals surface area contributed by atoms with Gasteiger partial charge in [0.05, 0.1) is 16.7 Å². The van der Waals surface area contributed by atoms with E-state index in [0.717, 1.165) is 31.4 Å². The van der Waals surface area contributed by atoms with Crippen molar-refractivity contribution in [2.24, 2.45) is 23.2 Å². The third kappa shape index (κ3) is 3.73. The number of anilines is 1. The molecule has 28 heavy (non-hydrogen) atoms. The van der Waals surface area contributed by atoms with Crippen molar-refractivity contribution < 1.29 is 27.5 Å². The first-order valence-corrected chi connectivity index (χ1v) is 9.86. The Hall–Kier alpha value is -1.76. The number of ether oxygens (including phenoxy) is 1. The van der Waals surface area contributed by atoms with E-state index in [0.29, 0.717) is 17.8 Å². The Morgan fingerprint density at radius 1 is 1.11 bits per heavy atom. The fraction of sp³-hybridized carbons (Fsp3) is 0.600. The van der Waals surface area contributed by atoms with Crippen LogP contribution in [0.4, 0.5) is 18.9 Å². The lowest BCUT2D eigenvalue weighted by Crippen LogP contribution is -2.50. The standard InChI is InChI=1S/C20H21ClF3NO3/c21-14-1-2-16(15(6-14)20(22,23)24)25-17(26)10-28-18(27)19-7-11-3-12(8-19)5-13(4-11)9-19/h1-2,6,11-13H,3-5,7-10H2,(H,25,26). The van der Waals surface area contributed by atoms with Gasteiger partial charge in [-0.05, 0) is 74.5 Å². The minimum Gasteiger partial charge on any atom is -0.455 e. The molecular weight excluding hydrogens is 395 g/mol. The summed E-state index contributed by atoms with van der Waals surface area (Å²) >= 11 is 5.63. The van der Waals surface area contributed by atoms with Gasteiger partial charge in [-0.1, -0.05) is 11.6 Å². The summed E-state index contributed by atoms with van der Waals surface area (Å²) in [6.07, 6.45) is 1.25. The van der Waals surface area contributed by atoms with Crippen molar-refractivity contribution >= 4 is 29.2 Å². The number of alkyl halides is 3. The normalized spacial score (nSPS) is 30.9. The van der Waals surface area contributed by atoms with Crippen LogP contribution in [0.25, 0.3) is 0 Å². The molecule has 4 nitrogen and oxygen atoms in total. The minimum absolute atomic E-state index is 0.0847. The molecule has 0 spiro atoms. The second-order valence-corrected chi connectivity index (χ2v) is 8.95. The Kier molecular flexibility index (Phi) is 4.84. The zero-order valence-electron chi connectivity index (χ0n) is 15.2. The van der Waals surface area contributed by atoms with E-state index >= 15 is 0 Å². The monoisotopic (exact) mass is 415 g/mol. The van der Waals surface area contributed by atoms with Crippen molar-refractivity contribution in [3.8, 4) is 0 Å². The van der Waals surface area contributed by atoms with Crippen LogP contribution in [0, 0.1) is 23.2 Å². The second-order valence-electron chi connectivity index (χ2n) is 8.51. The first-order chi connectivity index (χ1) is 13.1. The number of carbonyl (C=O) groups excluding carboxylic acids is 2. The van der Waals surface area contributed by atoms with Crippen LogP contribution in [0.2, 0.25) is 5.02 Å². The number of nitrogens with one attached hydrogen (secondary N) is 1. The van der Waals surface area contributed by atoms with E-state index in [1.54, 1.807) is 0 Å². The first-order valence-electron chi connectivity index (χ1n) is 9.48. The Balaban J connectivity index is 1.39. The molecule has 4 aliphatic carbocycles. The van der Waals surface area contributed by atoms with Gasteiger partial charge in [0.2, 0.25) is 0 Å². The second kappa shape index (κ2) is 6.94. The average Bonchev–Trinajstić information content (AvgIpc) is 2.59. The van der Waals surface area contributed by atoms with Gasteiger partial charge in [0.25, 0.3) is 5.91 Å². The molecule has 0 aliphatic heterocycles. The van der Waals surface area contributed by atoms with Gasteiger partial charge in [0, 0.05) is 5.02 Å². The highest BCUT2D eigenvalue weighted by Crippen LogP contribution is 2.60. The van der Waals surface area contributed by atoms with Gasteiger partial charge in [-0.2, -0.15) is 13.2 Å². The van der Waals surface area contributed by atoms with E-state index in [2.05, 4.69) is 5.32 Å². The number of rotatable bonds is 4. The van der Waals surface area contributed by atoms with Crippen LogP contribution in [0.1, 0.15) is 44.1 Å². The van der Waals surface area contributed by atoms with E-state index in [-0.39, 0.29) is 11.0 Å². The highest BCUT2D eigenvalue weighted by molar-refractivity contribution is 6.30. The third-order valence-electron chi connectivity index (χ3n) is 6.37. The molecule has 0 aromatic heterocycles. The van der Waals surface area contributed by atoms with Gasteiger partial charge in [-0.3, -0.25) is 9.59 Å². The van der Waals surface area contributed by atoms with Crippen LogP contribution in [-0.2, 0) is 20.5 Å². The van der Waals surface area contributed by atoms with Crippen LogP contribution in [0.3, 0.4) is 0 Å². The minimum atomic E-state index is -4.66. The largest absolute Gasteiger partial charge is 0.455 e. The summed E-state index contributed by atoms with van der Waals surface area (Å²) in [5.74, 6) is 0.475. The highest BCUT2D eigenvalue weighted by atomic mass is 35.5. The quantitative estimate of drug-likeness (QED) is 0.699. The third-order valence-corrected chi connectivity index (χ3v) is 6.60. The maximum Gasteiger partial charge on any atom is 0.418 e. The van der Waals surface area contributed by atoms with Gasteiger partial charge in [0.1, 0.15) is 0 Å². The van der Waals surface area contributed by atoms with Crippen LogP contribution >= 0.6 is 11.6 Å². The topological polar surface area (TPSA) is 55.4 Å². The number of hydrogen-bond acceptors (Lipinski definition) is 3. The molecule has 1 N–H and O–H groups in total. The van der Waals surface area contributed by atoms with Crippen molar-refractivity contribution in [2.45, 2.75) is 44.7 Å². The highest BCUT2D eigenvalue weighted by Gasteiger charge is 2.55. The van der Waals surface area contributed by atoms with E-state index in [9.17, 15) is 22.8 Å². The summed E-state index contributed by atoms with van der Waals surface area (Å²) in [6.45, 7) is -0.597. The van der Waals surface area contributed by atoms with Gasteiger partial charge in [-0.25, -0.2) is 0 Å². The number of benzene rings is 1. The van der Waals surface area contributed by atoms with Gasteiger partial charge < -0.3 is 10.1 Å². The molecule has 8 heteroatoms. The maximum absolute atomic E-state index is 13.1. The zero-order valence-corrected chi connectivity index (χ0v) is 15.9. The van der Waals surface area contributed by atoms with Crippen LogP contribution in [0.5, 0.6) is 0 Å². The molecule has 4 saturated carbocycles. The number of amides is 1. The van der Waals surface area contributed by atoms with Gasteiger partial charge >= 0.3 is 12.1 Å². The van der Waals surface area contributed by atoms with Crippen LogP contribution in [0.15, 0.2) is 18.2 Å². The van der Waals surface area contributed by atoms with Crippen molar-refractivity contribution in [2.75, 3.05) is 11.9 Å².